The van der Waals surface area contributed by atoms with E-state index in [-0.39, 0.29) is 0 Å². The summed E-state index contributed by atoms with van der Waals surface area (Å²) in [4.78, 5) is 12.9. The number of carbonyl (C=O) groups is 1. The van der Waals surface area contributed by atoms with E-state index in [0.717, 1.165) is 16.5 Å². The molecule has 5 nitrogen and oxygen atoms in total. The number of hydrogen-bond acceptors (Lipinski definition) is 4. The average molecular weight is 259 g/mol. The zero-order chi connectivity index (χ0) is 14.0. The highest BCUT2D eigenvalue weighted by molar-refractivity contribution is 5.94. The Hall–Kier alpha value is -2.17. The summed E-state index contributed by atoms with van der Waals surface area (Å²) in [7, 11) is 1.74. The molecule has 0 saturated heterocycles. The van der Waals surface area contributed by atoms with Crippen molar-refractivity contribution in [2.45, 2.75) is 26.3 Å². The third-order valence-corrected chi connectivity index (χ3v) is 3.33. The van der Waals surface area contributed by atoms with E-state index in [1.807, 2.05) is 38.1 Å². The van der Waals surface area contributed by atoms with Crippen molar-refractivity contribution in [3.63, 3.8) is 0 Å². The molecule has 1 N–H and O–H groups in total. The molecule has 2 rings (SSSR count). The normalized spacial score (nSPS) is 12.4. The summed E-state index contributed by atoms with van der Waals surface area (Å²) in [6.07, 6.45) is 0.510. The summed E-state index contributed by atoms with van der Waals surface area (Å²) >= 11 is 0. The van der Waals surface area contributed by atoms with Gasteiger partial charge in [0, 0.05) is 17.8 Å². The number of rotatable bonds is 4. The largest absolute Gasteiger partial charge is 0.480 e. The van der Waals surface area contributed by atoms with Gasteiger partial charge in [-0.2, -0.15) is 5.10 Å². The Kier molecular flexibility index (Phi) is 3.64. The molecule has 0 aliphatic rings. The number of aromatic nitrogens is 2. The van der Waals surface area contributed by atoms with Gasteiger partial charge in [0.1, 0.15) is 6.04 Å². The van der Waals surface area contributed by atoms with Crippen LogP contribution in [0.15, 0.2) is 24.3 Å². The Labute approximate surface area is 111 Å². The number of carboxylic acids is 1. The van der Waals surface area contributed by atoms with Crippen molar-refractivity contribution in [2.24, 2.45) is 0 Å². The third-order valence-electron chi connectivity index (χ3n) is 3.33. The van der Waals surface area contributed by atoms with Crippen LogP contribution >= 0.6 is 0 Å². The molecule has 0 aliphatic carbocycles. The molecule has 1 aromatic carbocycles. The molecule has 1 atom stereocenters. The first-order chi connectivity index (χ1) is 9.06. The van der Waals surface area contributed by atoms with E-state index in [1.54, 1.807) is 11.9 Å². The van der Waals surface area contributed by atoms with Crippen molar-refractivity contribution in [1.29, 1.82) is 0 Å². The number of aryl methyl sites for hydroxylation is 1. The van der Waals surface area contributed by atoms with Gasteiger partial charge in [-0.3, -0.25) is 0 Å². The van der Waals surface area contributed by atoms with Crippen LogP contribution in [0.1, 0.15) is 19.0 Å². The van der Waals surface area contributed by atoms with E-state index < -0.39 is 12.0 Å². The van der Waals surface area contributed by atoms with Gasteiger partial charge >= 0.3 is 5.97 Å². The van der Waals surface area contributed by atoms with E-state index >= 15 is 0 Å². The number of carboxylic acid groups (broad SMARTS) is 1. The van der Waals surface area contributed by atoms with Gasteiger partial charge in [0.2, 0.25) is 0 Å². The van der Waals surface area contributed by atoms with Crippen LogP contribution in [0.4, 0.5) is 5.82 Å². The Morgan fingerprint density at radius 2 is 1.95 bits per heavy atom. The van der Waals surface area contributed by atoms with E-state index in [9.17, 15) is 9.90 Å². The fraction of sp³-hybridized carbons (Fsp3) is 0.357. The van der Waals surface area contributed by atoms with Gasteiger partial charge in [-0.25, -0.2) is 4.79 Å². The number of fused-ring (bicyclic) bond motifs is 1. The molecule has 0 amide bonds. The monoisotopic (exact) mass is 259 g/mol. The standard InChI is InChI=1S/C14H17N3O2/c1-4-12(14(18)19)17(3)13-11-8-6-5-7-10(11)9(2)15-16-13/h5-8,12H,4H2,1-3H3,(H,18,19). The molecule has 100 valence electrons. The van der Waals surface area contributed by atoms with Gasteiger partial charge in [-0.1, -0.05) is 31.2 Å². The third kappa shape index (κ3) is 2.36. The zero-order valence-electron chi connectivity index (χ0n) is 11.3. The van der Waals surface area contributed by atoms with Crippen LogP contribution in [0.25, 0.3) is 10.8 Å². The van der Waals surface area contributed by atoms with Gasteiger partial charge in [0.25, 0.3) is 0 Å². The predicted octanol–water partition coefficient (Wildman–Crippen LogP) is 2.24. The average Bonchev–Trinajstić information content (AvgIpc) is 2.39. The molecule has 2 aromatic rings. The molecule has 0 aliphatic heterocycles. The minimum absolute atomic E-state index is 0.510. The van der Waals surface area contributed by atoms with Gasteiger partial charge in [0.05, 0.1) is 5.69 Å². The maximum absolute atomic E-state index is 11.3. The predicted molar refractivity (Wildman–Crippen MR) is 74.4 cm³/mol. The Morgan fingerprint density at radius 3 is 2.53 bits per heavy atom. The number of benzene rings is 1. The quantitative estimate of drug-likeness (QED) is 0.912. The molecule has 19 heavy (non-hydrogen) atoms. The van der Waals surface area contributed by atoms with E-state index in [4.69, 9.17) is 0 Å². The summed E-state index contributed by atoms with van der Waals surface area (Å²) in [6, 6.07) is 7.17. The number of nitrogens with zero attached hydrogens (tertiary/aromatic N) is 3. The Balaban J connectivity index is 2.57. The van der Waals surface area contributed by atoms with Gasteiger partial charge in [-0.05, 0) is 13.3 Å². The molecule has 1 unspecified atom stereocenters. The fourth-order valence-corrected chi connectivity index (χ4v) is 2.25. The lowest BCUT2D eigenvalue weighted by Crippen LogP contribution is -2.38. The van der Waals surface area contributed by atoms with Crippen LogP contribution in [0.5, 0.6) is 0 Å². The maximum Gasteiger partial charge on any atom is 0.326 e. The first-order valence-corrected chi connectivity index (χ1v) is 6.24. The van der Waals surface area contributed by atoms with Crippen LogP contribution in [0, 0.1) is 6.92 Å². The number of hydrogen-bond donors (Lipinski definition) is 1. The Bertz CT molecular complexity index is 613. The summed E-state index contributed by atoms with van der Waals surface area (Å²) in [6.45, 7) is 3.74. The summed E-state index contributed by atoms with van der Waals surface area (Å²) in [5, 5.41) is 19.5. The molecule has 0 bridgehead atoms. The van der Waals surface area contributed by atoms with Crippen molar-refractivity contribution >= 4 is 22.6 Å². The van der Waals surface area contributed by atoms with Crippen LogP contribution in [0.3, 0.4) is 0 Å². The molecule has 1 aromatic heterocycles. The van der Waals surface area contributed by atoms with Crippen LogP contribution in [-0.2, 0) is 4.79 Å². The fourth-order valence-electron chi connectivity index (χ4n) is 2.25. The van der Waals surface area contributed by atoms with Crippen LogP contribution in [0.2, 0.25) is 0 Å². The topological polar surface area (TPSA) is 66.3 Å². The number of likely N-dealkylation sites (N-methyl/N-ethyl adjacent to an activating group) is 1. The maximum atomic E-state index is 11.3. The lowest BCUT2D eigenvalue weighted by molar-refractivity contribution is -0.138. The van der Waals surface area contributed by atoms with Gasteiger partial charge in [-0.15, -0.1) is 5.10 Å². The number of anilines is 1. The van der Waals surface area contributed by atoms with Crippen molar-refractivity contribution < 1.29 is 9.90 Å². The SMILES string of the molecule is CCC(C(=O)O)N(C)c1nnc(C)c2ccccc12. The lowest BCUT2D eigenvalue weighted by atomic mass is 10.1. The second kappa shape index (κ2) is 5.22. The molecule has 0 fully saturated rings. The van der Waals surface area contributed by atoms with E-state index in [1.165, 1.54) is 0 Å². The minimum Gasteiger partial charge on any atom is -0.480 e. The summed E-state index contributed by atoms with van der Waals surface area (Å²) in [5.41, 5.74) is 0.844. The summed E-state index contributed by atoms with van der Waals surface area (Å²) < 4.78 is 0. The second-order valence-corrected chi connectivity index (χ2v) is 4.53. The second-order valence-electron chi connectivity index (χ2n) is 4.53. The van der Waals surface area contributed by atoms with Crippen LogP contribution < -0.4 is 4.90 Å². The number of aliphatic carboxylic acids is 1. The zero-order valence-corrected chi connectivity index (χ0v) is 11.3. The van der Waals surface area contributed by atoms with Gasteiger partial charge < -0.3 is 10.0 Å². The van der Waals surface area contributed by atoms with E-state index in [0.29, 0.717) is 12.2 Å². The van der Waals surface area contributed by atoms with Crippen molar-refractivity contribution in [1.82, 2.24) is 10.2 Å². The first-order valence-electron chi connectivity index (χ1n) is 6.24. The highest BCUT2D eigenvalue weighted by Gasteiger charge is 2.23. The van der Waals surface area contributed by atoms with Crippen LogP contribution in [-0.4, -0.2) is 34.4 Å². The van der Waals surface area contributed by atoms with Crippen molar-refractivity contribution in [2.75, 3.05) is 11.9 Å². The molecule has 5 heteroatoms. The van der Waals surface area contributed by atoms with Crippen molar-refractivity contribution in [3.05, 3.63) is 30.0 Å². The highest BCUT2D eigenvalue weighted by atomic mass is 16.4. The molecular weight excluding hydrogens is 242 g/mol. The molecule has 0 radical (unpaired) electrons. The van der Waals surface area contributed by atoms with Crippen molar-refractivity contribution in [3.8, 4) is 0 Å². The highest BCUT2D eigenvalue weighted by Crippen LogP contribution is 2.26. The Morgan fingerprint density at radius 1 is 1.32 bits per heavy atom. The van der Waals surface area contributed by atoms with Gasteiger partial charge in [0.15, 0.2) is 5.82 Å². The smallest absolute Gasteiger partial charge is 0.326 e. The molecule has 1 heterocycles. The summed E-state index contributed by atoms with van der Waals surface area (Å²) in [5.74, 6) is -0.244. The molecule has 0 spiro atoms. The molecular formula is C14H17N3O2. The van der Waals surface area contributed by atoms with E-state index in [2.05, 4.69) is 10.2 Å². The first kappa shape index (κ1) is 13.3. The minimum atomic E-state index is -0.851. The lowest BCUT2D eigenvalue weighted by Gasteiger charge is -2.25. The molecule has 0 saturated carbocycles.